The molecule has 3 atom stereocenters. The molecular formula is C20H25FO6. The predicted octanol–water partition coefficient (Wildman–Crippen LogP) is 2.21. The molecule has 6 nitrogen and oxygen atoms in total. The Kier molecular flexibility index (Phi) is 10.7. The Morgan fingerprint density at radius 2 is 1.67 bits per heavy atom. The highest BCUT2D eigenvalue weighted by atomic mass is 19.1. The van der Waals surface area contributed by atoms with Crippen molar-refractivity contribution in [2.45, 2.75) is 37.6 Å². The molecular weight excluding hydrogens is 355 g/mol. The molecule has 148 valence electrons. The van der Waals surface area contributed by atoms with Gasteiger partial charge in [0.15, 0.2) is 0 Å². The average Bonchev–Trinajstić information content (AvgIpc) is 2.63. The maximum Gasteiger partial charge on any atom is 0.303 e. The molecule has 7 heteroatoms. The normalized spacial score (nSPS) is 15.4. The number of hydrogen-bond donors (Lipinski definition) is 4. The molecule has 27 heavy (non-hydrogen) atoms. The second kappa shape index (κ2) is 12.8. The van der Waals surface area contributed by atoms with Gasteiger partial charge < -0.3 is 25.2 Å². The van der Waals surface area contributed by atoms with Crippen molar-refractivity contribution in [1.29, 1.82) is 0 Å². The smallest absolute Gasteiger partial charge is 0.303 e. The first kappa shape index (κ1) is 22.6. The molecule has 0 aromatic heterocycles. The highest BCUT2D eigenvalue weighted by Gasteiger charge is 2.12. The van der Waals surface area contributed by atoms with Crippen molar-refractivity contribution in [3.8, 4) is 5.75 Å². The lowest BCUT2D eigenvalue weighted by molar-refractivity contribution is -0.137. The number of ether oxygens (including phenoxy) is 1. The van der Waals surface area contributed by atoms with Crippen molar-refractivity contribution in [1.82, 2.24) is 0 Å². The van der Waals surface area contributed by atoms with Gasteiger partial charge in [-0.1, -0.05) is 36.5 Å². The summed E-state index contributed by atoms with van der Waals surface area (Å²) in [5.74, 6) is -0.843. The van der Waals surface area contributed by atoms with E-state index in [4.69, 9.17) is 9.84 Å². The van der Waals surface area contributed by atoms with Gasteiger partial charge in [0.1, 0.15) is 24.3 Å². The van der Waals surface area contributed by atoms with E-state index < -0.39 is 24.3 Å². The van der Waals surface area contributed by atoms with Crippen molar-refractivity contribution in [3.05, 3.63) is 66.5 Å². The number of aliphatic hydroxyl groups excluding tert-OH is 3. The number of carboxylic acid groups (broad SMARTS) is 1. The molecule has 0 aliphatic rings. The fraction of sp³-hybridized carbons (Fsp3) is 0.350. The molecule has 0 spiro atoms. The zero-order chi connectivity index (χ0) is 20.1. The van der Waals surface area contributed by atoms with Crippen LogP contribution in [0.5, 0.6) is 5.75 Å². The molecule has 0 heterocycles. The summed E-state index contributed by atoms with van der Waals surface area (Å²) < 4.78 is 18.1. The largest absolute Gasteiger partial charge is 0.491 e. The third kappa shape index (κ3) is 11.0. The van der Waals surface area contributed by atoms with E-state index in [0.717, 1.165) is 0 Å². The number of aliphatic carboxylic acids is 1. The summed E-state index contributed by atoms with van der Waals surface area (Å²) >= 11 is 0. The standard InChI is InChI=1S/C20H25FO6/c21-15-10-12-17(13-11-15)27-14-16(22)6-3-1-2-4-7-18(23)19(24)8-5-9-20(25)26/h1-4,6-7,10-13,16,18-19,22-24H,5,8-9,14H2,(H,25,26)/b2-1-,6-3+,7-4+/t16-,18?,19+/m1/s1. The topological polar surface area (TPSA) is 107 Å². The van der Waals surface area contributed by atoms with Crippen LogP contribution >= 0.6 is 0 Å². The number of hydrogen-bond acceptors (Lipinski definition) is 5. The summed E-state index contributed by atoms with van der Waals surface area (Å²) in [6.07, 6.45) is 6.76. The van der Waals surface area contributed by atoms with Gasteiger partial charge in [-0.05, 0) is 37.1 Å². The molecule has 1 aromatic carbocycles. The minimum Gasteiger partial charge on any atom is -0.491 e. The zero-order valence-electron chi connectivity index (χ0n) is 14.8. The van der Waals surface area contributed by atoms with Crippen LogP contribution in [-0.2, 0) is 4.79 Å². The molecule has 4 N–H and O–H groups in total. The fourth-order valence-electron chi connectivity index (χ4n) is 2.03. The number of carbonyl (C=O) groups is 1. The molecule has 0 aliphatic carbocycles. The molecule has 0 saturated carbocycles. The van der Waals surface area contributed by atoms with E-state index in [9.17, 15) is 24.5 Å². The maximum atomic E-state index is 12.8. The van der Waals surface area contributed by atoms with Gasteiger partial charge in [-0.2, -0.15) is 0 Å². The summed E-state index contributed by atoms with van der Waals surface area (Å²) in [7, 11) is 0. The lowest BCUT2D eigenvalue weighted by Gasteiger charge is -2.13. The predicted molar refractivity (Wildman–Crippen MR) is 98.8 cm³/mol. The first-order valence-electron chi connectivity index (χ1n) is 8.54. The van der Waals surface area contributed by atoms with Crippen molar-refractivity contribution in [2.24, 2.45) is 0 Å². The minimum absolute atomic E-state index is 0.0209. The molecule has 1 aromatic rings. The SMILES string of the molecule is O=C(O)CCC[C@H](O)C(O)/C=C/C=C\C=C\[C@@H](O)COc1ccc(F)cc1. The maximum absolute atomic E-state index is 12.8. The van der Waals surface area contributed by atoms with E-state index in [-0.39, 0.29) is 31.7 Å². The Morgan fingerprint density at radius 3 is 2.30 bits per heavy atom. The molecule has 0 fully saturated rings. The third-order valence-electron chi connectivity index (χ3n) is 3.49. The van der Waals surface area contributed by atoms with E-state index in [1.807, 2.05) is 0 Å². The second-order valence-electron chi connectivity index (χ2n) is 5.83. The van der Waals surface area contributed by atoms with Crippen LogP contribution in [0.1, 0.15) is 19.3 Å². The summed E-state index contributed by atoms with van der Waals surface area (Å²) in [5, 5.41) is 37.6. The van der Waals surface area contributed by atoms with Gasteiger partial charge in [0, 0.05) is 6.42 Å². The number of allylic oxidation sites excluding steroid dienone is 4. The van der Waals surface area contributed by atoms with Crippen LogP contribution in [0.15, 0.2) is 60.7 Å². The van der Waals surface area contributed by atoms with E-state index in [1.165, 1.54) is 42.5 Å². The molecule has 0 saturated heterocycles. The van der Waals surface area contributed by atoms with E-state index in [0.29, 0.717) is 5.75 Å². The average molecular weight is 380 g/mol. The van der Waals surface area contributed by atoms with Gasteiger partial charge in [0.05, 0.1) is 12.2 Å². The Labute approximate surface area is 157 Å². The minimum atomic E-state index is -1.08. The van der Waals surface area contributed by atoms with E-state index >= 15 is 0 Å². The number of benzene rings is 1. The number of halogens is 1. The number of rotatable bonds is 12. The molecule has 0 radical (unpaired) electrons. The van der Waals surface area contributed by atoms with Gasteiger partial charge in [-0.25, -0.2) is 4.39 Å². The zero-order valence-corrected chi connectivity index (χ0v) is 14.8. The van der Waals surface area contributed by atoms with Crippen LogP contribution in [0.2, 0.25) is 0 Å². The highest BCUT2D eigenvalue weighted by molar-refractivity contribution is 5.66. The number of aliphatic hydroxyl groups is 3. The van der Waals surface area contributed by atoms with Gasteiger partial charge in [0.25, 0.3) is 0 Å². The summed E-state index contributed by atoms with van der Waals surface area (Å²) in [5.41, 5.74) is 0. The Hall–Kier alpha value is -2.48. The summed E-state index contributed by atoms with van der Waals surface area (Å²) in [6, 6.07) is 5.48. The Balaban J connectivity index is 2.26. The van der Waals surface area contributed by atoms with Crippen LogP contribution in [0.3, 0.4) is 0 Å². The lowest BCUT2D eigenvalue weighted by Crippen LogP contribution is -2.23. The third-order valence-corrected chi connectivity index (χ3v) is 3.49. The summed E-state index contributed by atoms with van der Waals surface area (Å²) in [6.45, 7) is 0.0209. The van der Waals surface area contributed by atoms with Gasteiger partial charge in [0.2, 0.25) is 0 Å². The second-order valence-corrected chi connectivity index (χ2v) is 5.83. The Bertz CT molecular complexity index is 638. The molecule has 0 amide bonds. The first-order chi connectivity index (χ1) is 12.9. The van der Waals surface area contributed by atoms with E-state index in [1.54, 1.807) is 18.2 Å². The first-order valence-corrected chi connectivity index (χ1v) is 8.54. The molecule has 0 aliphatic heterocycles. The van der Waals surface area contributed by atoms with Crippen LogP contribution in [0.4, 0.5) is 4.39 Å². The van der Waals surface area contributed by atoms with Crippen molar-refractivity contribution >= 4 is 5.97 Å². The molecule has 1 unspecified atom stereocenters. The highest BCUT2D eigenvalue weighted by Crippen LogP contribution is 2.11. The fourth-order valence-corrected chi connectivity index (χ4v) is 2.03. The summed E-state index contributed by atoms with van der Waals surface area (Å²) in [4.78, 5) is 10.4. The van der Waals surface area contributed by atoms with Gasteiger partial charge in [-0.3, -0.25) is 4.79 Å². The van der Waals surface area contributed by atoms with Gasteiger partial charge >= 0.3 is 5.97 Å². The van der Waals surface area contributed by atoms with Gasteiger partial charge in [-0.15, -0.1) is 0 Å². The Morgan fingerprint density at radius 1 is 1.04 bits per heavy atom. The van der Waals surface area contributed by atoms with Crippen molar-refractivity contribution in [3.63, 3.8) is 0 Å². The van der Waals surface area contributed by atoms with Crippen molar-refractivity contribution < 1.29 is 34.3 Å². The quantitative estimate of drug-likeness (QED) is 0.414. The number of carboxylic acids is 1. The lowest BCUT2D eigenvalue weighted by atomic mass is 10.1. The van der Waals surface area contributed by atoms with Crippen LogP contribution in [0.25, 0.3) is 0 Å². The van der Waals surface area contributed by atoms with Crippen LogP contribution < -0.4 is 4.74 Å². The van der Waals surface area contributed by atoms with Crippen molar-refractivity contribution in [2.75, 3.05) is 6.61 Å². The molecule has 0 bridgehead atoms. The monoisotopic (exact) mass is 380 g/mol. The van der Waals surface area contributed by atoms with Crippen LogP contribution in [0, 0.1) is 5.82 Å². The van der Waals surface area contributed by atoms with E-state index in [2.05, 4.69) is 0 Å². The van der Waals surface area contributed by atoms with Crippen LogP contribution in [-0.4, -0.2) is 51.3 Å². The molecule has 1 rings (SSSR count).